The van der Waals surface area contributed by atoms with Crippen LogP contribution in [0.1, 0.15) is 11.3 Å². The summed E-state index contributed by atoms with van der Waals surface area (Å²) >= 11 is 5.80. The summed E-state index contributed by atoms with van der Waals surface area (Å²) in [5, 5.41) is 18.8. The van der Waals surface area contributed by atoms with Crippen molar-refractivity contribution in [1.29, 1.82) is 0 Å². The molecule has 0 aliphatic heterocycles. The number of aryl methyl sites for hydroxylation is 2. The van der Waals surface area contributed by atoms with Crippen molar-refractivity contribution < 1.29 is 4.92 Å². The molecule has 0 saturated heterocycles. The van der Waals surface area contributed by atoms with Crippen LogP contribution < -0.4 is 5.32 Å². The summed E-state index contributed by atoms with van der Waals surface area (Å²) < 4.78 is 1.48. The van der Waals surface area contributed by atoms with E-state index in [9.17, 15) is 10.1 Å². The molecule has 1 aromatic carbocycles. The molecule has 1 aromatic heterocycles. The topological polar surface area (TPSA) is 73.0 Å². The Bertz CT molecular complexity index is 607. The van der Waals surface area contributed by atoms with E-state index in [-0.39, 0.29) is 5.69 Å². The van der Waals surface area contributed by atoms with Crippen molar-refractivity contribution in [2.24, 2.45) is 7.05 Å². The van der Waals surface area contributed by atoms with Crippen molar-refractivity contribution in [3.63, 3.8) is 0 Å². The van der Waals surface area contributed by atoms with Gasteiger partial charge in [-0.15, -0.1) is 0 Å². The van der Waals surface area contributed by atoms with E-state index in [0.29, 0.717) is 23.1 Å². The smallest absolute Gasteiger partial charge is 0.333 e. The number of nitrogens with one attached hydrogen (secondary N) is 1. The SMILES string of the molecule is Cc1nn(C)c(NCc2ccc(Cl)cc2)c1[N+](=O)[O-]. The van der Waals surface area contributed by atoms with Gasteiger partial charge in [0.2, 0.25) is 5.82 Å². The van der Waals surface area contributed by atoms with E-state index >= 15 is 0 Å². The average Bonchev–Trinajstić information content (AvgIpc) is 2.63. The standard InChI is InChI=1S/C12H13ClN4O2/c1-8-11(17(18)19)12(16(2)15-8)14-7-9-3-5-10(13)6-4-9/h3-6,14H,7H2,1-2H3. The highest BCUT2D eigenvalue weighted by Crippen LogP contribution is 2.27. The Morgan fingerprint density at radius 1 is 1.42 bits per heavy atom. The van der Waals surface area contributed by atoms with Crippen molar-refractivity contribution in [1.82, 2.24) is 9.78 Å². The van der Waals surface area contributed by atoms with Gasteiger partial charge in [0.25, 0.3) is 0 Å². The Labute approximate surface area is 115 Å². The lowest BCUT2D eigenvalue weighted by Crippen LogP contribution is -2.06. The number of hydrogen-bond donors (Lipinski definition) is 1. The molecular weight excluding hydrogens is 268 g/mol. The van der Waals surface area contributed by atoms with Gasteiger partial charge in [-0.25, -0.2) is 4.68 Å². The normalized spacial score (nSPS) is 10.5. The van der Waals surface area contributed by atoms with Crippen LogP contribution in [0.15, 0.2) is 24.3 Å². The van der Waals surface area contributed by atoms with E-state index in [0.717, 1.165) is 5.56 Å². The van der Waals surface area contributed by atoms with Gasteiger partial charge in [0.1, 0.15) is 5.69 Å². The van der Waals surface area contributed by atoms with Crippen LogP contribution in [-0.4, -0.2) is 14.7 Å². The van der Waals surface area contributed by atoms with Gasteiger partial charge in [0.15, 0.2) is 0 Å². The maximum atomic E-state index is 11.0. The van der Waals surface area contributed by atoms with Crippen LogP contribution in [0.2, 0.25) is 5.02 Å². The Kier molecular flexibility index (Phi) is 3.71. The summed E-state index contributed by atoms with van der Waals surface area (Å²) in [7, 11) is 1.67. The summed E-state index contributed by atoms with van der Waals surface area (Å²) in [6.07, 6.45) is 0. The van der Waals surface area contributed by atoms with E-state index in [1.165, 1.54) is 4.68 Å². The van der Waals surface area contributed by atoms with E-state index in [4.69, 9.17) is 11.6 Å². The van der Waals surface area contributed by atoms with Gasteiger partial charge in [0.05, 0.1) is 4.92 Å². The molecule has 7 heteroatoms. The number of hydrogen-bond acceptors (Lipinski definition) is 4. The predicted octanol–water partition coefficient (Wildman–Crippen LogP) is 2.90. The maximum Gasteiger partial charge on any atom is 0.333 e. The van der Waals surface area contributed by atoms with Crippen molar-refractivity contribution in [2.45, 2.75) is 13.5 Å². The molecule has 1 N–H and O–H groups in total. The second kappa shape index (κ2) is 5.27. The molecule has 0 spiro atoms. The third-order valence-electron chi connectivity index (χ3n) is 2.75. The van der Waals surface area contributed by atoms with Crippen LogP contribution in [0.3, 0.4) is 0 Å². The molecule has 100 valence electrons. The Hall–Kier alpha value is -2.08. The van der Waals surface area contributed by atoms with Crippen LogP contribution >= 0.6 is 11.6 Å². The average molecular weight is 281 g/mol. The molecule has 0 radical (unpaired) electrons. The Morgan fingerprint density at radius 2 is 2.05 bits per heavy atom. The number of nitro groups is 1. The fourth-order valence-electron chi connectivity index (χ4n) is 1.85. The van der Waals surface area contributed by atoms with E-state index in [1.807, 2.05) is 12.1 Å². The molecule has 0 bridgehead atoms. The third-order valence-corrected chi connectivity index (χ3v) is 3.00. The lowest BCUT2D eigenvalue weighted by Gasteiger charge is -2.06. The van der Waals surface area contributed by atoms with E-state index < -0.39 is 4.92 Å². The molecule has 0 aliphatic carbocycles. The van der Waals surface area contributed by atoms with Gasteiger partial charge >= 0.3 is 5.69 Å². The van der Waals surface area contributed by atoms with Crippen molar-refractivity contribution in [3.8, 4) is 0 Å². The minimum atomic E-state index is -0.424. The fraction of sp³-hybridized carbons (Fsp3) is 0.250. The molecule has 0 amide bonds. The van der Waals surface area contributed by atoms with Gasteiger partial charge in [-0.1, -0.05) is 23.7 Å². The minimum absolute atomic E-state index is 0.0106. The first-order valence-corrected chi connectivity index (χ1v) is 6.03. The zero-order valence-electron chi connectivity index (χ0n) is 10.6. The summed E-state index contributed by atoms with van der Waals surface area (Å²) in [5.41, 5.74) is 1.39. The molecule has 2 aromatic rings. The highest BCUT2D eigenvalue weighted by atomic mass is 35.5. The Morgan fingerprint density at radius 3 is 2.63 bits per heavy atom. The highest BCUT2D eigenvalue weighted by molar-refractivity contribution is 6.30. The predicted molar refractivity (Wildman–Crippen MR) is 73.4 cm³/mol. The van der Waals surface area contributed by atoms with Crippen LogP contribution in [0, 0.1) is 17.0 Å². The minimum Gasteiger partial charge on any atom is -0.360 e. The van der Waals surface area contributed by atoms with Gasteiger partial charge in [0, 0.05) is 18.6 Å². The lowest BCUT2D eigenvalue weighted by molar-refractivity contribution is -0.384. The third kappa shape index (κ3) is 2.85. The first kappa shape index (κ1) is 13.4. The number of halogens is 1. The van der Waals surface area contributed by atoms with Gasteiger partial charge in [-0.3, -0.25) is 10.1 Å². The maximum absolute atomic E-state index is 11.0. The zero-order chi connectivity index (χ0) is 14.0. The number of anilines is 1. The van der Waals surface area contributed by atoms with Crippen molar-refractivity contribution in [3.05, 3.63) is 50.7 Å². The molecule has 6 nitrogen and oxygen atoms in total. The first-order chi connectivity index (χ1) is 8.99. The molecular formula is C12H13ClN4O2. The molecule has 0 atom stereocenters. The highest BCUT2D eigenvalue weighted by Gasteiger charge is 2.23. The molecule has 0 unspecified atom stereocenters. The summed E-state index contributed by atoms with van der Waals surface area (Å²) in [4.78, 5) is 10.6. The van der Waals surface area contributed by atoms with Crippen LogP contribution in [-0.2, 0) is 13.6 Å². The molecule has 0 aliphatic rings. The molecule has 19 heavy (non-hydrogen) atoms. The molecule has 0 fully saturated rings. The van der Waals surface area contributed by atoms with Crippen LogP contribution in [0.4, 0.5) is 11.5 Å². The second-order valence-electron chi connectivity index (χ2n) is 4.14. The second-order valence-corrected chi connectivity index (χ2v) is 4.58. The monoisotopic (exact) mass is 280 g/mol. The number of nitrogens with zero attached hydrogens (tertiary/aromatic N) is 3. The fourth-order valence-corrected chi connectivity index (χ4v) is 1.98. The quantitative estimate of drug-likeness (QED) is 0.690. The Balaban J connectivity index is 2.20. The molecule has 1 heterocycles. The summed E-state index contributed by atoms with van der Waals surface area (Å²) in [6.45, 7) is 2.09. The van der Waals surface area contributed by atoms with Gasteiger partial charge in [-0.2, -0.15) is 5.10 Å². The lowest BCUT2D eigenvalue weighted by atomic mass is 10.2. The number of rotatable bonds is 4. The molecule has 0 saturated carbocycles. The first-order valence-electron chi connectivity index (χ1n) is 5.65. The van der Waals surface area contributed by atoms with Crippen LogP contribution in [0.25, 0.3) is 0 Å². The molecule has 2 rings (SSSR count). The van der Waals surface area contributed by atoms with Crippen molar-refractivity contribution >= 4 is 23.1 Å². The number of benzene rings is 1. The number of aromatic nitrogens is 2. The van der Waals surface area contributed by atoms with Crippen molar-refractivity contribution in [2.75, 3.05) is 5.32 Å². The summed E-state index contributed by atoms with van der Waals surface area (Å²) in [6, 6.07) is 7.29. The van der Waals surface area contributed by atoms with Gasteiger partial charge < -0.3 is 5.32 Å². The van der Waals surface area contributed by atoms with Crippen LogP contribution in [0.5, 0.6) is 0 Å². The van der Waals surface area contributed by atoms with Gasteiger partial charge in [-0.05, 0) is 24.6 Å². The summed E-state index contributed by atoms with van der Waals surface area (Å²) in [5.74, 6) is 0.400. The van der Waals surface area contributed by atoms with E-state index in [1.54, 1.807) is 26.1 Å². The largest absolute Gasteiger partial charge is 0.360 e. The van der Waals surface area contributed by atoms with E-state index in [2.05, 4.69) is 10.4 Å². The zero-order valence-corrected chi connectivity index (χ0v) is 11.3.